The number of thiazole rings is 1. The van der Waals surface area contributed by atoms with Crippen LogP contribution in [0.3, 0.4) is 0 Å². The van der Waals surface area contributed by atoms with E-state index in [0.29, 0.717) is 9.14 Å². The van der Waals surface area contributed by atoms with Gasteiger partial charge in [-0.3, -0.25) is 4.79 Å². The molecule has 0 bridgehead atoms. The van der Waals surface area contributed by atoms with Crippen LogP contribution in [-0.4, -0.2) is 17.6 Å². The number of thiophene rings is 1. The highest BCUT2D eigenvalue weighted by molar-refractivity contribution is 7.16. The average Bonchev–Trinajstić information content (AvgIpc) is 3.05. The van der Waals surface area contributed by atoms with Crippen molar-refractivity contribution in [3.05, 3.63) is 43.8 Å². The van der Waals surface area contributed by atoms with Gasteiger partial charge in [0.05, 0.1) is 22.6 Å². The van der Waals surface area contributed by atoms with Crippen molar-refractivity contribution < 1.29 is 9.53 Å². The molecule has 0 atom stereocenters. The van der Waals surface area contributed by atoms with E-state index in [1.54, 1.807) is 13.2 Å². The molecule has 0 aliphatic rings. The summed E-state index contributed by atoms with van der Waals surface area (Å²) in [5.41, 5.74) is 2.10. The fraction of sp³-hybridized carbons (Fsp3) is 0.250. The maximum atomic E-state index is 12.2. The van der Waals surface area contributed by atoms with E-state index in [-0.39, 0.29) is 12.3 Å². The lowest BCUT2D eigenvalue weighted by molar-refractivity contribution is -0.117. The number of nitrogens with zero attached hydrogens (tertiary/aromatic N) is 2. The third kappa shape index (κ3) is 3.20. The van der Waals surface area contributed by atoms with E-state index >= 15 is 0 Å². The summed E-state index contributed by atoms with van der Waals surface area (Å²) in [5.74, 6) is 0.602. The Hall–Kier alpha value is -1.63. The van der Waals surface area contributed by atoms with Gasteiger partial charge >= 0.3 is 0 Å². The van der Waals surface area contributed by atoms with E-state index in [9.17, 15) is 4.79 Å². The zero-order chi connectivity index (χ0) is 16.6. The highest BCUT2D eigenvalue weighted by Crippen LogP contribution is 2.29. The first-order valence-corrected chi connectivity index (χ1v) is 8.95. The molecule has 2 heterocycles. The number of carbonyl (C=O) groups excluding carboxylic acids is 1. The molecule has 0 fully saturated rings. The molecule has 1 aromatic carbocycles. The second-order valence-corrected chi connectivity index (χ2v) is 7.87. The van der Waals surface area contributed by atoms with Crippen LogP contribution in [0, 0.1) is 6.92 Å². The van der Waals surface area contributed by atoms with Crippen molar-refractivity contribution in [2.24, 2.45) is 12.0 Å². The van der Waals surface area contributed by atoms with Crippen molar-refractivity contribution >= 4 is 50.4 Å². The van der Waals surface area contributed by atoms with Crippen LogP contribution in [0.15, 0.2) is 29.3 Å². The summed E-state index contributed by atoms with van der Waals surface area (Å²) in [4.78, 5) is 18.1. The Kier molecular flexibility index (Phi) is 4.57. The molecule has 0 radical (unpaired) electrons. The molecule has 0 N–H and O–H groups in total. The summed E-state index contributed by atoms with van der Waals surface area (Å²) in [5, 5.41) is 0. The van der Waals surface area contributed by atoms with E-state index in [0.717, 1.165) is 26.4 Å². The molecule has 2 aromatic heterocycles. The van der Waals surface area contributed by atoms with E-state index in [1.165, 1.54) is 22.7 Å². The second kappa shape index (κ2) is 6.47. The standard InChI is InChI=1S/C16H15ClN2O2S2/c1-9-4-6-11(21-3)14-15(9)23-16(19(14)2)18-13(20)8-10-5-7-12(17)22-10/h4-7H,8H2,1-3H3. The predicted octanol–water partition coefficient (Wildman–Crippen LogP) is 3.94. The van der Waals surface area contributed by atoms with Crippen molar-refractivity contribution in [2.45, 2.75) is 13.3 Å². The first-order chi connectivity index (χ1) is 11.0. The van der Waals surface area contributed by atoms with Gasteiger partial charge in [-0.25, -0.2) is 0 Å². The molecule has 0 saturated heterocycles. The number of halogens is 1. The minimum atomic E-state index is -0.178. The second-order valence-electron chi connectivity index (χ2n) is 5.09. The van der Waals surface area contributed by atoms with Crippen molar-refractivity contribution in [1.29, 1.82) is 0 Å². The largest absolute Gasteiger partial charge is 0.495 e. The molecular weight excluding hydrogens is 352 g/mol. The Balaban J connectivity index is 2.04. The van der Waals surface area contributed by atoms with Crippen LogP contribution in [0.25, 0.3) is 10.2 Å². The van der Waals surface area contributed by atoms with Crippen molar-refractivity contribution in [3.63, 3.8) is 0 Å². The first-order valence-electron chi connectivity index (χ1n) is 6.94. The van der Waals surface area contributed by atoms with Crippen molar-refractivity contribution in [3.8, 4) is 5.75 Å². The minimum absolute atomic E-state index is 0.178. The number of carbonyl (C=O) groups is 1. The smallest absolute Gasteiger partial charge is 0.253 e. The number of methoxy groups -OCH3 is 1. The molecule has 0 aliphatic carbocycles. The SMILES string of the molecule is COc1ccc(C)c2sc(=NC(=O)Cc3ccc(Cl)s3)n(C)c12. The number of rotatable bonds is 3. The van der Waals surface area contributed by atoms with Gasteiger partial charge in [-0.2, -0.15) is 4.99 Å². The Labute approximate surface area is 146 Å². The number of fused-ring (bicyclic) bond motifs is 1. The molecule has 0 unspecified atom stereocenters. The first kappa shape index (κ1) is 16.2. The monoisotopic (exact) mass is 366 g/mol. The third-order valence-corrected chi connectivity index (χ3v) is 6.00. The normalized spacial score (nSPS) is 12.1. The number of hydrogen-bond acceptors (Lipinski definition) is 4. The molecule has 0 saturated carbocycles. The van der Waals surface area contributed by atoms with E-state index in [4.69, 9.17) is 16.3 Å². The van der Waals surface area contributed by atoms with Crippen LogP contribution >= 0.6 is 34.3 Å². The number of aryl methyl sites for hydroxylation is 2. The van der Waals surface area contributed by atoms with Crippen LogP contribution in [0.2, 0.25) is 4.34 Å². The number of amides is 1. The Bertz CT molecular complexity index is 953. The Morgan fingerprint density at radius 3 is 2.74 bits per heavy atom. The zero-order valence-corrected chi connectivity index (χ0v) is 15.3. The molecule has 4 nitrogen and oxygen atoms in total. The number of benzene rings is 1. The van der Waals surface area contributed by atoms with Crippen LogP contribution in [0.5, 0.6) is 5.75 Å². The third-order valence-electron chi connectivity index (χ3n) is 3.50. The van der Waals surface area contributed by atoms with Gasteiger partial charge in [-0.1, -0.05) is 29.0 Å². The summed E-state index contributed by atoms with van der Waals surface area (Å²) >= 11 is 8.80. The minimum Gasteiger partial charge on any atom is -0.495 e. The highest BCUT2D eigenvalue weighted by Gasteiger charge is 2.12. The number of hydrogen-bond donors (Lipinski definition) is 0. The van der Waals surface area contributed by atoms with Crippen LogP contribution < -0.4 is 9.54 Å². The fourth-order valence-electron chi connectivity index (χ4n) is 2.36. The summed E-state index contributed by atoms with van der Waals surface area (Å²) in [7, 11) is 3.54. The average molecular weight is 367 g/mol. The molecule has 1 amide bonds. The van der Waals surface area contributed by atoms with E-state index in [2.05, 4.69) is 4.99 Å². The van der Waals surface area contributed by atoms with Gasteiger partial charge in [0.1, 0.15) is 11.3 Å². The molecule has 3 aromatic rings. The molecule has 0 aliphatic heterocycles. The van der Waals surface area contributed by atoms with Gasteiger partial charge in [0.2, 0.25) is 0 Å². The highest BCUT2D eigenvalue weighted by atomic mass is 35.5. The van der Waals surface area contributed by atoms with Gasteiger partial charge in [0, 0.05) is 11.9 Å². The molecular formula is C16H15ClN2O2S2. The summed E-state index contributed by atoms with van der Waals surface area (Å²) in [6.45, 7) is 2.04. The van der Waals surface area contributed by atoms with Crippen molar-refractivity contribution in [2.75, 3.05) is 7.11 Å². The van der Waals surface area contributed by atoms with Gasteiger partial charge in [0.15, 0.2) is 4.80 Å². The van der Waals surface area contributed by atoms with Crippen molar-refractivity contribution in [1.82, 2.24) is 4.57 Å². The molecule has 23 heavy (non-hydrogen) atoms. The van der Waals surface area contributed by atoms with Gasteiger partial charge in [-0.05, 0) is 30.7 Å². The van der Waals surface area contributed by atoms with Gasteiger partial charge < -0.3 is 9.30 Å². The maximum Gasteiger partial charge on any atom is 0.253 e. The summed E-state index contributed by atoms with van der Waals surface area (Å²) in [6, 6.07) is 7.60. The molecule has 0 spiro atoms. The molecule has 3 rings (SSSR count). The predicted molar refractivity (Wildman–Crippen MR) is 95.7 cm³/mol. The lowest BCUT2D eigenvalue weighted by atomic mass is 10.2. The lowest BCUT2D eigenvalue weighted by Gasteiger charge is -2.05. The van der Waals surface area contributed by atoms with Gasteiger partial charge in [0.25, 0.3) is 5.91 Å². The van der Waals surface area contributed by atoms with Crippen LogP contribution in [0.4, 0.5) is 0 Å². The topological polar surface area (TPSA) is 43.6 Å². The summed E-state index contributed by atoms with van der Waals surface area (Å²) in [6.07, 6.45) is 0.266. The quantitative estimate of drug-likeness (QED) is 0.704. The van der Waals surface area contributed by atoms with E-state index < -0.39 is 0 Å². The molecule has 7 heteroatoms. The van der Waals surface area contributed by atoms with Gasteiger partial charge in [-0.15, -0.1) is 11.3 Å². The Morgan fingerprint density at radius 1 is 1.30 bits per heavy atom. The van der Waals surface area contributed by atoms with E-state index in [1.807, 2.05) is 36.7 Å². The lowest BCUT2D eigenvalue weighted by Crippen LogP contribution is -2.14. The van der Waals surface area contributed by atoms with Crippen LogP contribution in [-0.2, 0) is 18.3 Å². The Morgan fingerprint density at radius 2 is 2.09 bits per heavy atom. The summed E-state index contributed by atoms with van der Waals surface area (Å²) < 4.78 is 9.10. The maximum absolute atomic E-state index is 12.2. The fourth-order valence-corrected chi connectivity index (χ4v) is 4.56. The molecule has 120 valence electrons. The van der Waals surface area contributed by atoms with Crippen LogP contribution in [0.1, 0.15) is 10.4 Å². The number of ether oxygens (including phenoxy) is 1. The number of aromatic nitrogens is 1. The zero-order valence-electron chi connectivity index (χ0n) is 12.9.